The molecule has 96 valence electrons. The summed E-state index contributed by atoms with van der Waals surface area (Å²) in [7, 11) is 0. The molecule has 0 saturated carbocycles. The Morgan fingerprint density at radius 2 is 2.17 bits per heavy atom. The molecule has 1 heterocycles. The zero-order chi connectivity index (χ0) is 13.0. The van der Waals surface area contributed by atoms with Crippen LogP contribution in [0.1, 0.15) is 26.2 Å². The fraction of sp³-hybridized carbons (Fsp3) is 0.385. The molecular formula is C13H16BrN3O. The molecule has 0 saturated heterocycles. The lowest BCUT2D eigenvalue weighted by Crippen LogP contribution is -2.24. The number of aromatic nitrogens is 2. The van der Waals surface area contributed by atoms with Crippen molar-refractivity contribution in [3.05, 3.63) is 34.6 Å². The number of nitrogens with one attached hydrogen (secondary N) is 1. The minimum Gasteiger partial charge on any atom is -0.338 e. The summed E-state index contributed by atoms with van der Waals surface area (Å²) in [5, 5.41) is 7.31. The Morgan fingerprint density at radius 1 is 1.39 bits per heavy atom. The van der Waals surface area contributed by atoms with Crippen molar-refractivity contribution in [1.29, 1.82) is 0 Å². The van der Waals surface area contributed by atoms with E-state index in [1.807, 2.05) is 24.3 Å². The fourth-order valence-electron chi connectivity index (χ4n) is 1.48. The molecule has 2 aromatic rings. The highest BCUT2D eigenvalue weighted by Gasteiger charge is 2.11. The summed E-state index contributed by atoms with van der Waals surface area (Å²) in [5.41, 5.74) is 0.941. The van der Waals surface area contributed by atoms with Gasteiger partial charge >= 0.3 is 0 Å². The van der Waals surface area contributed by atoms with Gasteiger partial charge in [-0.3, -0.25) is 0 Å². The summed E-state index contributed by atoms with van der Waals surface area (Å²) in [4.78, 5) is 4.38. The van der Waals surface area contributed by atoms with Crippen LogP contribution in [-0.4, -0.2) is 16.2 Å². The Morgan fingerprint density at radius 3 is 2.89 bits per heavy atom. The van der Waals surface area contributed by atoms with E-state index >= 15 is 0 Å². The first-order valence-electron chi connectivity index (χ1n) is 6.01. The highest BCUT2D eigenvalue weighted by atomic mass is 79.9. The average Bonchev–Trinajstić information content (AvgIpc) is 2.85. The molecule has 0 fully saturated rings. The van der Waals surface area contributed by atoms with E-state index in [9.17, 15) is 0 Å². The van der Waals surface area contributed by atoms with Crippen LogP contribution in [0.25, 0.3) is 11.4 Å². The van der Waals surface area contributed by atoms with Gasteiger partial charge in [0.1, 0.15) is 0 Å². The lowest BCUT2D eigenvalue weighted by atomic mass is 10.2. The Kier molecular flexibility index (Phi) is 4.49. The SMILES string of the molecule is CCC(C)NCc1nc(-c2ccccc2Br)no1. The van der Waals surface area contributed by atoms with Crippen LogP contribution in [0.15, 0.2) is 33.3 Å². The third-order valence-corrected chi connectivity index (χ3v) is 3.49. The molecule has 0 aliphatic carbocycles. The summed E-state index contributed by atoms with van der Waals surface area (Å²) < 4.78 is 6.19. The lowest BCUT2D eigenvalue weighted by molar-refractivity contribution is 0.358. The van der Waals surface area contributed by atoms with E-state index in [-0.39, 0.29) is 0 Å². The predicted molar refractivity (Wildman–Crippen MR) is 74.0 cm³/mol. The molecule has 18 heavy (non-hydrogen) atoms. The van der Waals surface area contributed by atoms with E-state index in [4.69, 9.17) is 4.52 Å². The van der Waals surface area contributed by atoms with E-state index in [1.54, 1.807) is 0 Å². The maximum atomic E-state index is 5.22. The molecule has 0 aliphatic heterocycles. The zero-order valence-corrected chi connectivity index (χ0v) is 12.1. The van der Waals surface area contributed by atoms with Crippen molar-refractivity contribution in [2.75, 3.05) is 0 Å². The first-order chi connectivity index (χ1) is 8.70. The van der Waals surface area contributed by atoms with Crippen molar-refractivity contribution in [3.63, 3.8) is 0 Å². The molecule has 0 radical (unpaired) electrons. The minimum atomic E-state index is 0.448. The number of benzene rings is 1. The second kappa shape index (κ2) is 6.11. The molecule has 2 rings (SSSR count). The summed E-state index contributed by atoms with van der Waals surface area (Å²) in [5.74, 6) is 1.23. The van der Waals surface area contributed by atoms with Crippen molar-refractivity contribution in [3.8, 4) is 11.4 Å². The first-order valence-corrected chi connectivity index (χ1v) is 6.81. The topological polar surface area (TPSA) is 51.0 Å². The number of hydrogen-bond acceptors (Lipinski definition) is 4. The monoisotopic (exact) mass is 309 g/mol. The Bertz CT molecular complexity index is 512. The summed E-state index contributed by atoms with van der Waals surface area (Å²) in [6, 6.07) is 8.28. The highest BCUT2D eigenvalue weighted by molar-refractivity contribution is 9.10. The number of nitrogens with zero attached hydrogens (tertiary/aromatic N) is 2. The average molecular weight is 310 g/mol. The van der Waals surface area contributed by atoms with Gasteiger partial charge in [0, 0.05) is 16.1 Å². The normalized spacial score (nSPS) is 12.6. The predicted octanol–water partition coefficient (Wildman–Crippen LogP) is 3.39. The minimum absolute atomic E-state index is 0.448. The second-order valence-electron chi connectivity index (χ2n) is 4.18. The quantitative estimate of drug-likeness (QED) is 0.920. The van der Waals surface area contributed by atoms with E-state index in [0.29, 0.717) is 24.3 Å². The zero-order valence-electron chi connectivity index (χ0n) is 10.5. The smallest absolute Gasteiger partial charge is 0.240 e. The van der Waals surface area contributed by atoms with Crippen LogP contribution in [0, 0.1) is 0 Å². The molecule has 0 aliphatic rings. The van der Waals surface area contributed by atoms with E-state index in [0.717, 1.165) is 16.5 Å². The number of hydrogen-bond donors (Lipinski definition) is 1. The Labute approximate surface area is 115 Å². The van der Waals surface area contributed by atoms with Crippen LogP contribution in [0.4, 0.5) is 0 Å². The summed E-state index contributed by atoms with van der Waals surface area (Å²) >= 11 is 3.48. The summed E-state index contributed by atoms with van der Waals surface area (Å²) in [6.07, 6.45) is 1.07. The van der Waals surface area contributed by atoms with E-state index in [2.05, 4.69) is 45.2 Å². The van der Waals surface area contributed by atoms with Crippen LogP contribution >= 0.6 is 15.9 Å². The lowest BCUT2D eigenvalue weighted by Gasteiger charge is -2.07. The summed E-state index contributed by atoms with van der Waals surface area (Å²) in [6.45, 7) is 4.87. The molecule has 4 nitrogen and oxygen atoms in total. The van der Waals surface area contributed by atoms with Gasteiger partial charge in [0.2, 0.25) is 11.7 Å². The van der Waals surface area contributed by atoms with Crippen molar-refractivity contribution in [2.45, 2.75) is 32.9 Å². The van der Waals surface area contributed by atoms with Gasteiger partial charge in [-0.15, -0.1) is 0 Å². The molecule has 0 bridgehead atoms. The van der Waals surface area contributed by atoms with Crippen molar-refractivity contribution in [2.24, 2.45) is 0 Å². The molecule has 1 aromatic heterocycles. The highest BCUT2D eigenvalue weighted by Crippen LogP contribution is 2.25. The van der Waals surface area contributed by atoms with Crippen LogP contribution < -0.4 is 5.32 Å². The van der Waals surface area contributed by atoms with Crippen LogP contribution in [-0.2, 0) is 6.54 Å². The molecule has 0 spiro atoms. The molecule has 1 N–H and O–H groups in total. The Hall–Kier alpha value is -1.20. The largest absolute Gasteiger partial charge is 0.338 e. The van der Waals surface area contributed by atoms with Crippen molar-refractivity contribution < 1.29 is 4.52 Å². The first kappa shape index (κ1) is 13.2. The van der Waals surface area contributed by atoms with E-state index < -0.39 is 0 Å². The number of halogens is 1. The van der Waals surface area contributed by atoms with Crippen LogP contribution in [0.3, 0.4) is 0 Å². The maximum Gasteiger partial charge on any atom is 0.240 e. The van der Waals surface area contributed by atoms with Crippen LogP contribution in [0.2, 0.25) is 0 Å². The van der Waals surface area contributed by atoms with Gasteiger partial charge in [0.05, 0.1) is 6.54 Å². The molecule has 1 atom stereocenters. The van der Waals surface area contributed by atoms with E-state index in [1.165, 1.54) is 0 Å². The fourth-order valence-corrected chi connectivity index (χ4v) is 1.95. The second-order valence-corrected chi connectivity index (χ2v) is 5.04. The molecule has 1 unspecified atom stereocenters. The van der Waals surface area contributed by atoms with Crippen molar-refractivity contribution in [1.82, 2.24) is 15.5 Å². The molecule has 5 heteroatoms. The van der Waals surface area contributed by atoms with Gasteiger partial charge in [-0.25, -0.2) is 0 Å². The third-order valence-electron chi connectivity index (χ3n) is 2.80. The van der Waals surface area contributed by atoms with Gasteiger partial charge < -0.3 is 9.84 Å². The van der Waals surface area contributed by atoms with Gasteiger partial charge in [-0.05, 0) is 25.5 Å². The van der Waals surface area contributed by atoms with Crippen LogP contribution in [0.5, 0.6) is 0 Å². The molecular weight excluding hydrogens is 294 g/mol. The maximum absolute atomic E-state index is 5.22. The van der Waals surface area contributed by atoms with Crippen molar-refractivity contribution >= 4 is 15.9 Å². The number of rotatable bonds is 5. The van der Waals surface area contributed by atoms with Gasteiger partial charge in [0.25, 0.3) is 0 Å². The van der Waals surface area contributed by atoms with Gasteiger partial charge in [-0.1, -0.05) is 40.1 Å². The third kappa shape index (κ3) is 3.17. The standard InChI is InChI=1S/C13H16BrN3O/c1-3-9(2)15-8-12-16-13(17-18-12)10-6-4-5-7-11(10)14/h4-7,9,15H,3,8H2,1-2H3. The van der Waals surface area contributed by atoms with Gasteiger partial charge in [0.15, 0.2) is 0 Å². The Balaban J connectivity index is 2.09. The molecule has 0 amide bonds. The van der Waals surface area contributed by atoms with Gasteiger partial charge in [-0.2, -0.15) is 4.98 Å². The molecule has 1 aromatic carbocycles.